The molecule has 5 nitrogen and oxygen atoms in total. The van der Waals surface area contributed by atoms with Gasteiger partial charge < -0.3 is 10.6 Å². The molecule has 0 radical (unpaired) electrons. The number of carbonyl (C=O) groups excluding carboxylic acids is 1. The lowest BCUT2D eigenvalue weighted by molar-refractivity contribution is 0.0672. The van der Waals surface area contributed by atoms with Crippen LogP contribution in [0.4, 0.5) is 14.5 Å². The van der Waals surface area contributed by atoms with E-state index in [2.05, 4.69) is 15.6 Å². The van der Waals surface area contributed by atoms with Gasteiger partial charge in [-0.2, -0.15) is 8.78 Å². The maximum absolute atomic E-state index is 12.7. The Morgan fingerprint density at radius 1 is 1.26 bits per heavy atom. The number of rotatable bonds is 5. The molecule has 7 heteroatoms. The van der Waals surface area contributed by atoms with Crippen molar-refractivity contribution in [1.82, 2.24) is 14.9 Å². The largest absolute Gasteiger partial charge is 0.378 e. The zero-order valence-corrected chi connectivity index (χ0v) is 13.3. The summed E-state index contributed by atoms with van der Waals surface area (Å²) in [5.74, 6) is 0.0897. The smallest absolute Gasteiger partial charge is 0.319 e. The Kier molecular flexibility index (Phi) is 4.98. The molecule has 0 saturated heterocycles. The standard InChI is InChI=1S/C16H20F2N4O/c1-16(2,3)21-14(23)11-4-6-12(7-5-11)20-10-13-19-8-9-22(13)15(17)18/h4-9,15,20H,10H2,1-3H3,(H,21,23). The highest BCUT2D eigenvalue weighted by molar-refractivity contribution is 5.94. The maximum atomic E-state index is 12.7. The SMILES string of the molecule is CC(C)(C)NC(=O)c1ccc(NCc2nccn2C(F)F)cc1. The van der Waals surface area contributed by atoms with Gasteiger partial charge in [0.2, 0.25) is 0 Å². The summed E-state index contributed by atoms with van der Waals surface area (Å²) in [4.78, 5) is 15.9. The minimum atomic E-state index is -2.61. The molecule has 0 aliphatic carbocycles. The number of halogens is 2. The number of hydrogen-bond donors (Lipinski definition) is 2. The van der Waals surface area contributed by atoms with Gasteiger partial charge in [-0.05, 0) is 45.0 Å². The predicted octanol–water partition coefficient (Wildman–Crippen LogP) is 3.42. The third-order valence-electron chi connectivity index (χ3n) is 3.05. The highest BCUT2D eigenvalue weighted by Crippen LogP contribution is 2.15. The van der Waals surface area contributed by atoms with E-state index in [-0.39, 0.29) is 23.8 Å². The fraction of sp³-hybridized carbons (Fsp3) is 0.375. The molecule has 0 atom stereocenters. The van der Waals surface area contributed by atoms with Gasteiger partial charge >= 0.3 is 6.55 Å². The van der Waals surface area contributed by atoms with Crippen LogP contribution in [0.3, 0.4) is 0 Å². The van der Waals surface area contributed by atoms with E-state index in [4.69, 9.17) is 0 Å². The van der Waals surface area contributed by atoms with E-state index in [9.17, 15) is 13.6 Å². The zero-order chi connectivity index (χ0) is 17.0. The average molecular weight is 322 g/mol. The van der Waals surface area contributed by atoms with Crippen molar-refractivity contribution in [3.05, 3.63) is 48.0 Å². The number of alkyl halides is 2. The quantitative estimate of drug-likeness (QED) is 0.887. The van der Waals surface area contributed by atoms with Crippen molar-refractivity contribution in [2.24, 2.45) is 0 Å². The molecule has 0 bridgehead atoms. The van der Waals surface area contributed by atoms with Crippen LogP contribution in [0.1, 0.15) is 43.5 Å². The van der Waals surface area contributed by atoms with Crippen molar-refractivity contribution in [1.29, 1.82) is 0 Å². The van der Waals surface area contributed by atoms with Crippen LogP contribution in [0.15, 0.2) is 36.7 Å². The van der Waals surface area contributed by atoms with Crippen molar-refractivity contribution >= 4 is 11.6 Å². The summed E-state index contributed by atoms with van der Waals surface area (Å²) in [6, 6.07) is 6.83. The number of aromatic nitrogens is 2. The number of hydrogen-bond acceptors (Lipinski definition) is 3. The van der Waals surface area contributed by atoms with E-state index in [1.54, 1.807) is 24.3 Å². The van der Waals surface area contributed by atoms with Crippen LogP contribution in [0.5, 0.6) is 0 Å². The Balaban J connectivity index is 1.98. The Hall–Kier alpha value is -2.44. The summed E-state index contributed by atoms with van der Waals surface area (Å²) in [6.45, 7) is 3.28. The summed E-state index contributed by atoms with van der Waals surface area (Å²) in [6.07, 6.45) is 2.57. The highest BCUT2D eigenvalue weighted by atomic mass is 19.3. The Labute approximate surface area is 133 Å². The van der Waals surface area contributed by atoms with Crippen molar-refractivity contribution in [3.63, 3.8) is 0 Å². The Morgan fingerprint density at radius 3 is 2.48 bits per heavy atom. The zero-order valence-electron chi connectivity index (χ0n) is 13.3. The minimum Gasteiger partial charge on any atom is -0.378 e. The number of amides is 1. The van der Waals surface area contributed by atoms with Crippen LogP contribution >= 0.6 is 0 Å². The third kappa shape index (κ3) is 4.77. The molecule has 0 aliphatic rings. The second-order valence-electron chi connectivity index (χ2n) is 6.16. The van der Waals surface area contributed by atoms with Gasteiger partial charge in [0.05, 0.1) is 6.54 Å². The highest BCUT2D eigenvalue weighted by Gasteiger charge is 2.15. The monoisotopic (exact) mass is 322 g/mol. The molecule has 2 N–H and O–H groups in total. The minimum absolute atomic E-state index is 0.155. The topological polar surface area (TPSA) is 59.0 Å². The molecule has 0 saturated carbocycles. The first-order valence-electron chi connectivity index (χ1n) is 7.22. The van der Waals surface area contributed by atoms with Crippen LogP contribution < -0.4 is 10.6 Å². The lowest BCUT2D eigenvalue weighted by Crippen LogP contribution is -2.40. The number of carbonyl (C=O) groups is 1. The van der Waals surface area contributed by atoms with Gasteiger partial charge in [0, 0.05) is 29.2 Å². The van der Waals surface area contributed by atoms with Gasteiger partial charge in [-0.25, -0.2) is 4.98 Å². The number of benzene rings is 1. The second kappa shape index (κ2) is 6.76. The van der Waals surface area contributed by atoms with Gasteiger partial charge in [-0.1, -0.05) is 0 Å². The number of imidazole rings is 1. The van der Waals surface area contributed by atoms with Gasteiger partial charge in [0.15, 0.2) is 0 Å². The first-order valence-corrected chi connectivity index (χ1v) is 7.22. The van der Waals surface area contributed by atoms with Crippen molar-refractivity contribution in [2.45, 2.75) is 39.4 Å². The molecule has 0 spiro atoms. The average Bonchev–Trinajstić information content (AvgIpc) is 2.92. The Bertz CT molecular complexity index is 659. The van der Waals surface area contributed by atoms with E-state index in [1.165, 1.54) is 12.4 Å². The summed E-state index contributed by atoms with van der Waals surface area (Å²) in [7, 11) is 0. The van der Waals surface area contributed by atoms with Crippen LogP contribution in [-0.2, 0) is 6.54 Å². The molecular weight excluding hydrogens is 302 g/mol. The van der Waals surface area contributed by atoms with Gasteiger partial charge in [-0.3, -0.25) is 9.36 Å². The van der Waals surface area contributed by atoms with Crippen molar-refractivity contribution in [2.75, 3.05) is 5.32 Å². The van der Waals surface area contributed by atoms with E-state index in [0.29, 0.717) is 5.56 Å². The summed E-state index contributed by atoms with van der Waals surface area (Å²) < 4.78 is 26.2. The van der Waals surface area contributed by atoms with Crippen LogP contribution in [0.25, 0.3) is 0 Å². The number of nitrogens with zero attached hydrogens (tertiary/aromatic N) is 2. The molecule has 1 amide bonds. The van der Waals surface area contributed by atoms with Crippen molar-refractivity contribution in [3.8, 4) is 0 Å². The number of anilines is 1. The summed E-state index contributed by atoms with van der Waals surface area (Å²) in [5, 5.41) is 5.88. The molecular formula is C16H20F2N4O. The molecule has 1 heterocycles. The predicted molar refractivity (Wildman–Crippen MR) is 84.5 cm³/mol. The molecule has 0 fully saturated rings. The molecule has 1 aromatic heterocycles. The summed E-state index contributed by atoms with van der Waals surface area (Å²) in [5.41, 5.74) is 0.959. The van der Waals surface area contributed by atoms with Gasteiger partial charge in [0.25, 0.3) is 5.91 Å². The fourth-order valence-electron chi connectivity index (χ4n) is 1.99. The van der Waals surface area contributed by atoms with Crippen LogP contribution in [-0.4, -0.2) is 21.0 Å². The van der Waals surface area contributed by atoms with Crippen molar-refractivity contribution < 1.29 is 13.6 Å². The molecule has 23 heavy (non-hydrogen) atoms. The molecule has 0 aliphatic heterocycles. The van der Waals surface area contributed by atoms with E-state index >= 15 is 0 Å². The lowest BCUT2D eigenvalue weighted by atomic mass is 10.1. The number of nitrogens with one attached hydrogen (secondary N) is 2. The molecule has 1 aromatic carbocycles. The molecule has 124 valence electrons. The second-order valence-corrected chi connectivity index (χ2v) is 6.16. The first kappa shape index (κ1) is 16.9. The van der Waals surface area contributed by atoms with E-state index in [1.807, 2.05) is 20.8 Å². The molecule has 2 aromatic rings. The molecule has 0 unspecified atom stereocenters. The van der Waals surface area contributed by atoms with Crippen LogP contribution in [0.2, 0.25) is 0 Å². The van der Waals surface area contributed by atoms with E-state index < -0.39 is 6.55 Å². The van der Waals surface area contributed by atoms with Gasteiger partial charge in [0.1, 0.15) is 5.82 Å². The van der Waals surface area contributed by atoms with E-state index in [0.717, 1.165) is 10.3 Å². The first-order chi connectivity index (χ1) is 10.8. The Morgan fingerprint density at radius 2 is 1.91 bits per heavy atom. The molecule has 2 rings (SSSR count). The van der Waals surface area contributed by atoms with Gasteiger partial charge in [-0.15, -0.1) is 0 Å². The maximum Gasteiger partial charge on any atom is 0.319 e. The summed E-state index contributed by atoms with van der Waals surface area (Å²) >= 11 is 0. The fourth-order valence-corrected chi connectivity index (χ4v) is 1.99. The lowest BCUT2D eigenvalue weighted by Gasteiger charge is -2.20. The third-order valence-corrected chi connectivity index (χ3v) is 3.05. The van der Waals surface area contributed by atoms with Crippen LogP contribution in [0, 0.1) is 0 Å². The normalized spacial score (nSPS) is 11.6.